The first-order valence-electron chi connectivity index (χ1n) is 5.28. The summed E-state index contributed by atoms with van der Waals surface area (Å²) in [5, 5.41) is 0.384. The van der Waals surface area contributed by atoms with Gasteiger partial charge in [-0.25, -0.2) is 0 Å². The van der Waals surface area contributed by atoms with Gasteiger partial charge in [0.05, 0.1) is 7.11 Å². The Morgan fingerprint density at radius 3 is 2.79 bits per heavy atom. The van der Waals surface area contributed by atoms with E-state index in [-0.39, 0.29) is 23.7 Å². The van der Waals surface area contributed by atoms with Crippen LogP contribution in [-0.2, 0) is 16.0 Å². The zero-order valence-corrected chi connectivity index (χ0v) is 11.4. The van der Waals surface area contributed by atoms with Gasteiger partial charge in [-0.1, -0.05) is 23.4 Å². The molecule has 1 aromatic rings. The highest BCUT2D eigenvalue weighted by atomic mass is 35.5. The number of methoxy groups -OCH3 is 1. The minimum atomic E-state index is -2.85. The number of ketones is 1. The van der Waals surface area contributed by atoms with Gasteiger partial charge in [0, 0.05) is 17.0 Å². The highest BCUT2D eigenvalue weighted by molar-refractivity contribution is 8.02. The lowest BCUT2D eigenvalue weighted by Crippen LogP contribution is -2.43. The lowest BCUT2D eigenvalue weighted by molar-refractivity contribution is -0.142. The van der Waals surface area contributed by atoms with Crippen LogP contribution in [-0.4, -0.2) is 29.4 Å². The summed E-state index contributed by atoms with van der Waals surface area (Å²) in [5.41, 5.74) is 0.721. The number of alkyl halides is 2. The van der Waals surface area contributed by atoms with Gasteiger partial charge < -0.3 is 4.74 Å². The molecular formula is C12H9ClF2O3S. The second-order valence-electron chi connectivity index (χ2n) is 4.00. The van der Waals surface area contributed by atoms with Gasteiger partial charge in [0.1, 0.15) is 0 Å². The Balaban J connectivity index is 2.49. The Labute approximate surface area is 117 Å². The molecule has 0 heterocycles. The van der Waals surface area contributed by atoms with Crippen molar-refractivity contribution in [1.29, 1.82) is 0 Å². The molecule has 2 rings (SSSR count). The van der Waals surface area contributed by atoms with E-state index >= 15 is 0 Å². The number of carbonyl (C=O) groups is 2. The average molecular weight is 307 g/mol. The highest BCUT2D eigenvalue weighted by Gasteiger charge is 2.55. The third-order valence-corrected chi connectivity index (χ3v) is 4.24. The van der Waals surface area contributed by atoms with Gasteiger partial charge in [0.2, 0.25) is 0 Å². The van der Waals surface area contributed by atoms with Gasteiger partial charge in [-0.15, -0.1) is 0 Å². The Hall–Kier alpha value is -1.14. The molecule has 0 aromatic heterocycles. The maximum absolute atomic E-state index is 12.7. The molecule has 1 aromatic carbocycles. The van der Waals surface area contributed by atoms with Crippen molar-refractivity contribution in [2.24, 2.45) is 0 Å². The standard InChI is InChI=1S/C12H9ClF2O3S/c1-18-10(17)12(19-11(14)15)5-6-4-7(13)2-3-8(6)9(12)16/h2-4,11H,5H2,1H3. The van der Waals surface area contributed by atoms with Crippen molar-refractivity contribution in [3.8, 4) is 0 Å². The molecule has 0 bridgehead atoms. The number of ether oxygens (including phenoxy) is 1. The van der Waals surface area contributed by atoms with Crippen LogP contribution in [0.2, 0.25) is 5.02 Å². The first-order chi connectivity index (χ1) is 8.90. The van der Waals surface area contributed by atoms with Crippen LogP contribution < -0.4 is 0 Å². The molecule has 0 saturated carbocycles. The number of fused-ring (bicyclic) bond motifs is 1. The molecule has 0 amide bonds. The largest absolute Gasteiger partial charge is 0.468 e. The molecule has 1 aliphatic carbocycles. The number of hydrogen-bond acceptors (Lipinski definition) is 4. The lowest BCUT2D eigenvalue weighted by atomic mass is 10.0. The second kappa shape index (κ2) is 5.09. The number of thioether (sulfide) groups is 1. The zero-order valence-electron chi connectivity index (χ0n) is 9.78. The molecule has 3 nitrogen and oxygen atoms in total. The van der Waals surface area contributed by atoms with Gasteiger partial charge >= 0.3 is 5.97 Å². The first kappa shape index (κ1) is 14.3. The molecule has 0 radical (unpaired) electrons. The van der Waals surface area contributed by atoms with E-state index in [1.165, 1.54) is 18.2 Å². The molecule has 7 heteroatoms. The maximum Gasteiger partial charge on any atom is 0.330 e. The second-order valence-corrected chi connectivity index (χ2v) is 5.73. The molecule has 0 N–H and O–H groups in total. The van der Waals surface area contributed by atoms with Crippen LogP contribution in [0.15, 0.2) is 18.2 Å². The molecule has 0 aliphatic heterocycles. The van der Waals surface area contributed by atoms with Gasteiger partial charge in [-0.3, -0.25) is 9.59 Å². The Kier molecular flexibility index (Phi) is 3.82. The number of esters is 1. The number of halogens is 3. The molecule has 19 heavy (non-hydrogen) atoms. The molecule has 102 valence electrons. The van der Waals surface area contributed by atoms with Crippen LogP contribution >= 0.6 is 23.4 Å². The van der Waals surface area contributed by atoms with Crippen LogP contribution in [0.5, 0.6) is 0 Å². The number of rotatable bonds is 3. The minimum Gasteiger partial charge on any atom is -0.468 e. The fraction of sp³-hybridized carbons (Fsp3) is 0.333. The summed E-state index contributed by atoms with van der Waals surface area (Å²) in [5.74, 6) is -4.47. The van der Waals surface area contributed by atoms with E-state index in [0.29, 0.717) is 10.6 Å². The van der Waals surface area contributed by atoms with Crippen molar-refractivity contribution in [2.75, 3.05) is 7.11 Å². The van der Waals surface area contributed by atoms with Crippen molar-refractivity contribution in [1.82, 2.24) is 0 Å². The molecule has 0 saturated heterocycles. The smallest absolute Gasteiger partial charge is 0.330 e. The normalized spacial score (nSPS) is 21.6. The van der Waals surface area contributed by atoms with Crippen molar-refractivity contribution < 1.29 is 23.1 Å². The Bertz CT molecular complexity index is 550. The van der Waals surface area contributed by atoms with E-state index in [0.717, 1.165) is 7.11 Å². The van der Waals surface area contributed by atoms with Crippen LogP contribution in [0.3, 0.4) is 0 Å². The monoisotopic (exact) mass is 306 g/mol. The van der Waals surface area contributed by atoms with Gasteiger partial charge in [-0.05, 0) is 23.8 Å². The number of benzene rings is 1. The highest BCUT2D eigenvalue weighted by Crippen LogP contribution is 2.44. The van der Waals surface area contributed by atoms with E-state index in [1.54, 1.807) is 0 Å². The number of hydrogen-bond donors (Lipinski definition) is 0. The summed E-state index contributed by atoms with van der Waals surface area (Å²) in [4.78, 5) is 24.1. The van der Waals surface area contributed by atoms with Gasteiger partial charge in [0.15, 0.2) is 10.5 Å². The maximum atomic E-state index is 12.7. The fourth-order valence-electron chi connectivity index (χ4n) is 2.12. The predicted molar refractivity (Wildman–Crippen MR) is 67.8 cm³/mol. The summed E-state index contributed by atoms with van der Waals surface area (Å²) in [6, 6.07) is 4.43. The lowest BCUT2D eigenvalue weighted by Gasteiger charge is -2.22. The summed E-state index contributed by atoms with van der Waals surface area (Å²) >= 11 is 5.81. The minimum absolute atomic E-state index is 0.0122. The fourth-order valence-corrected chi connectivity index (χ4v) is 3.26. The molecule has 0 fully saturated rings. The number of carbonyl (C=O) groups excluding carboxylic acids is 2. The van der Waals surface area contributed by atoms with Gasteiger partial charge in [0.25, 0.3) is 5.76 Å². The summed E-state index contributed by atoms with van der Waals surface area (Å²) in [6.45, 7) is 0. The molecule has 1 atom stereocenters. The van der Waals surface area contributed by atoms with E-state index in [2.05, 4.69) is 4.74 Å². The van der Waals surface area contributed by atoms with E-state index in [4.69, 9.17) is 11.6 Å². The quantitative estimate of drug-likeness (QED) is 0.636. The SMILES string of the molecule is COC(=O)C1(SC(F)F)Cc2cc(Cl)ccc2C1=O. The van der Waals surface area contributed by atoms with Crippen LogP contribution in [0, 0.1) is 0 Å². The van der Waals surface area contributed by atoms with Crippen LogP contribution in [0.4, 0.5) is 8.78 Å². The third kappa shape index (κ3) is 2.34. The van der Waals surface area contributed by atoms with Crippen molar-refractivity contribution in [3.63, 3.8) is 0 Å². The first-order valence-corrected chi connectivity index (χ1v) is 6.54. The summed E-state index contributed by atoms with van der Waals surface area (Å²) < 4.78 is 28.0. The van der Waals surface area contributed by atoms with Crippen molar-refractivity contribution in [3.05, 3.63) is 34.3 Å². The predicted octanol–water partition coefficient (Wildman–Crippen LogP) is 2.95. The Morgan fingerprint density at radius 2 is 2.21 bits per heavy atom. The zero-order chi connectivity index (χ0) is 14.2. The van der Waals surface area contributed by atoms with E-state index in [9.17, 15) is 18.4 Å². The molecule has 1 aliphatic rings. The van der Waals surface area contributed by atoms with Crippen molar-refractivity contribution >= 4 is 35.1 Å². The van der Waals surface area contributed by atoms with Crippen molar-refractivity contribution in [2.45, 2.75) is 16.9 Å². The van der Waals surface area contributed by atoms with Crippen LogP contribution in [0.1, 0.15) is 15.9 Å². The average Bonchev–Trinajstić information content (AvgIpc) is 2.61. The van der Waals surface area contributed by atoms with E-state index < -0.39 is 22.3 Å². The van der Waals surface area contributed by atoms with Crippen LogP contribution in [0.25, 0.3) is 0 Å². The molecule has 1 unspecified atom stereocenters. The molecular weight excluding hydrogens is 298 g/mol. The summed E-state index contributed by atoms with van der Waals surface area (Å²) in [7, 11) is 1.07. The summed E-state index contributed by atoms with van der Waals surface area (Å²) in [6.07, 6.45) is -0.136. The number of Topliss-reactive ketones (excluding diaryl/α,β-unsaturated/α-hetero) is 1. The Morgan fingerprint density at radius 1 is 1.53 bits per heavy atom. The topological polar surface area (TPSA) is 43.4 Å². The van der Waals surface area contributed by atoms with Gasteiger partial charge in [-0.2, -0.15) is 8.78 Å². The third-order valence-electron chi connectivity index (χ3n) is 2.92. The van der Waals surface area contributed by atoms with E-state index in [1.807, 2.05) is 0 Å². The molecule has 0 spiro atoms.